The van der Waals surface area contributed by atoms with E-state index in [0.717, 1.165) is 46.4 Å². The first kappa shape index (κ1) is 16.9. The highest BCUT2D eigenvalue weighted by Gasteiger charge is 2.23. The second kappa shape index (κ2) is 6.41. The van der Waals surface area contributed by atoms with Crippen LogP contribution in [0.1, 0.15) is 18.4 Å². The van der Waals surface area contributed by atoms with E-state index in [1.165, 1.54) is 0 Å². The summed E-state index contributed by atoms with van der Waals surface area (Å²) in [6.07, 6.45) is 1.52. The topological polar surface area (TPSA) is 60.9 Å². The number of benzene rings is 2. The van der Waals surface area contributed by atoms with Crippen LogP contribution in [-0.4, -0.2) is 31.3 Å². The van der Waals surface area contributed by atoms with Gasteiger partial charge in [0, 0.05) is 29.6 Å². The third kappa shape index (κ3) is 2.64. The highest BCUT2D eigenvalue weighted by Crippen LogP contribution is 2.44. The molecule has 2 aliphatic rings. The minimum atomic E-state index is 0.174. The van der Waals surface area contributed by atoms with E-state index in [1.807, 2.05) is 35.2 Å². The Balaban J connectivity index is 1.63. The normalized spacial score (nSPS) is 15.5. The van der Waals surface area contributed by atoms with Crippen LogP contribution in [0.2, 0.25) is 0 Å². The van der Waals surface area contributed by atoms with Gasteiger partial charge < -0.3 is 19.1 Å². The fourth-order valence-corrected chi connectivity index (χ4v) is 3.91. The molecular formula is C22H20N2O4. The van der Waals surface area contributed by atoms with Crippen LogP contribution >= 0.6 is 0 Å². The number of hydrogen-bond donors (Lipinski definition) is 0. The number of aryl methyl sites for hydroxylation is 1. The van der Waals surface area contributed by atoms with Crippen LogP contribution in [0.5, 0.6) is 17.2 Å². The SMILES string of the molecule is COc1cc(-c2cc(C)c3ccc(N4CCCC4=O)cc3n2)cc2c1OCO2. The summed E-state index contributed by atoms with van der Waals surface area (Å²) in [5.74, 6) is 2.08. The average Bonchev–Trinajstić information content (AvgIpc) is 3.35. The van der Waals surface area contributed by atoms with E-state index in [2.05, 4.69) is 13.0 Å². The summed E-state index contributed by atoms with van der Waals surface area (Å²) in [4.78, 5) is 18.8. The minimum Gasteiger partial charge on any atom is -0.493 e. The zero-order chi connectivity index (χ0) is 19.3. The van der Waals surface area contributed by atoms with E-state index < -0.39 is 0 Å². The van der Waals surface area contributed by atoms with Crippen LogP contribution in [-0.2, 0) is 4.79 Å². The molecule has 0 spiro atoms. The fourth-order valence-electron chi connectivity index (χ4n) is 3.91. The quantitative estimate of drug-likeness (QED) is 0.689. The van der Waals surface area contributed by atoms with Crippen molar-refractivity contribution in [3.63, 3.8) is 0 Å². The average molecular weight is 376 g/mol. The molecule has 3 heterocycles. The maximum Gasteiger partial charge on any atom is 0.231 e. The lowest BCUT2D eigenvalue weighted by atomic mass is 10.0. The molecule has 28 heavy (non-hydrogen) atoms. The first-order valence-corrected chi connectivity index (χ1v) is 9.34. The molecule has 0 radical (unpaired) electrons. The molecule has 1 fully saturated rings. The number of carbonyl (C=O) groups is 1. The van der Waals surface area contributed by atoms with Crippen molar-refractivity contribution in [3.05, 3.63) is 42.0 Å². The van der Waals surface area contributed by atoms with Crippen LogP contribution < -0.4 is 19.1 Å². The van der Waals surface area contributed by atoms with E-state index in [-0.39, 0.29) is 12.7 Å². The summed E-state index contributed by atoms with van der Waals surface area (Å²) in [5, 5.41) is 1.08. The Bertz CT molecular complexity index is 1110. The molecule has 6 heteroatoms. The van der Waals surface area contributed by atoms with Crippen LogP contribution in [0.3, 0.4) is 0 Å². The van der Waals surface area contributed by atoms with E-state index >= 15 is 0 Å². The minimum absolute atomic E-state index is 0.174. The van der Waals surface area contributed by atoms with Gasteiger partial charge in [0.1, 0.15) is 0 Å². The predicted octanol–water partition coefficient (Wildman–Crippen LogP) is 4.07. The smallest absolute Gasteiger partial charge is 0.231 e. The van der Waals surface area contributed by atoms with Crippen molar-refractivity contribution in [2.75, 3.05) is 25.3 Å². The summed E-state index contributed by atoms with van der Waals surface area (Å²) in [6, 6.07) is 11.9. The molecule has 2 aliphatic heterocycles. The number of anilines is 1. The summed E-state index contributed by atoms with van der Waals surface area (Å²) >= 11 is 0. The number of carbonyl (C=O) groups excluding carboxylic acids is 1. The number of fused-ring (bicyclic) bond motifs is 2. The zero-order valence-corrected chi connectivity index (χ0v) is 15.8. The number of aromatic nitrogens is 1. The van der Waals surface area contributed by atoms with Gasteiger partial charge in [-0.2, -0.15) is 0 Å². The molecule has 1 amide bonds. The first-order valence-electron chi connectivity index (χ1n) is 9.34. The van der Waals surface area contributed by atoms with Crippen molar-refractivity contribution in [3.8, 4) is 28.5 Å². The van der Waals surface area contributed by atoms with Crippen LogP contribution in [0.25, 0.3) is 22.2 Å². The Hall–Kier alpha value is -3.28. The Kier molecular flexibility index (Phi) is 3.86. The highest BCUT2D eigenvalue weighted by molar-refractivity contribution is 5.98. The lowest BCUT2D eigenvalue weighted by Gasteiger charge is -2.17. The van der Waals surface area contributed by atoms with Crippen molar-refractivity contribution < 1.29 is 19.0 Å². The maximum atomic E-state index is 12.1. The largest absolute Gasteiger partial charge is 0.493 e. The van der Waals surface area contributed by atoms with Crippen LogP contribution in [0.4, 0.5) is 5.69 Å². The molecule has 0 aliphatic carbocycles. The van der Waals surface area contributed by atoms with Crippen molar-refractivity contribution in [1.29, 1.82) is 0 Å². The summed E-state index contributed by atoms with van der Waals surface area (Å²) in [5.41, 5.74) is 4.61. The van der Waals surface area contributed by atoms with Gasteiger partial charge in [0.2, 0.25) is 18.4 Å². The van der Waals surface area contributed by atoms with E-state index in [1.54, 1.807) is 7.11 Å². The lowest BCUT2D eigenvalue weighted by molar-refractivity contribution is -0.117. The van der Waals surface area contributed by atoms with Crippen LogP contribution in [0.15, 0.2) is 36.4 Å². The van der Waals surface area contributed by atoms with E-state index in [9.17, 15) is 4.79 Å². The maximum absolute atomic E-state index is 12.1. The molecule has 0 saturated carbocycles. The molecular weight excluding hydrogens is 356 g/mol. The number of methoxy groups -OCH3 is 1. The number of amides is 1. The Morgan fingerprint density at radius 2 is 2.04 bits per heavy atom. The fraction of sp³-hybridized carbons (Fsp3) is 0.273. The lowest BCUT2D eigenvalue weighted by Crippen LogP contribution is -2.23. The predicted molar refractivity (Wildman–Crippen MR) is 106 cm³/mol. The molecule has 0 unspecified atom stereocenters. The standard InChI is InChI=1S/C22H20N2O4/c1-13-8-17(14-9-19(26-2)22-20(10-14)27-12-28-22)23-18-11-15(5-6-16(13)18)24-7-3-4-21(24)25/h5-6,8-11H,3-4,7,12H2,1-2H3. The third-order valence-corrected chi connectivity index (χ3v) is 5.34. The summed E-state index contributed by atoms with van der Waals surface area (Å²) < 4.78 is 16.5. The van der Waals surface area contributed by atoms with Gasteiger partial charge >= 0.3 is 0 Å². The molecule has 0 bridgehead atoms. The second-order valence-electron chi connectivity index (χ2n) is 7.09. The first-order chi connectivity index (χ1) is 13.6. The number of hydrogen-bond acceptors (Lipinski definition) is 5. The Morgan fingerprint density at radius 3 is 2.82 bits per heavy atom. The highest BCUT2D eigenvalue weighted by atomic mass is 16.7. The van der Waals surface area contributed by atoms with Crippen molar-refractivity contribution in [2.24, 2.45) is 0 Å². The molecule has 142 valence electrons. The summed E-state index contributed by atoms with van der Waals surface area (Å²) in [6.45, 7) is 3.02. The van der Waals surface area contributed by atoms with Gasteiger partial charge in [-0.05, 0) is 49.2 Å². The van der Waals surface area contributed by atoms with Gasteiger partial charge in [-0.3, -0.25) is 4.79 Å². The summed E-state index contributed by atoms with van der Waals surface area (Å²) in [7, 11) is 1.61. The molecule has 0 atom stereocenters. The molecule has 1 aromatic heterocycles. The number of pyridine rings is 1. The number of ether oxygens (including phenoxy) is 3. The second-order valence-corrected chi connectivity index (χ2v) is 7.09. The number of nitrogens with zero attached hydrogens (tertiary/aromatic N) is 2. The van der Waals surface area contributed by atoms with Gasteiger partial charge in [0.25, 0.3) is 0 Å². The molecule has 2 aromatic carbocycles. The van der Waals surface area contributed by atoms with Gasteiger partial charge in [0.15, 0.2) is 11.5 Å². The van der Waals surface area contributed by atoms with Gasteiger partial charge in [0.05, 0.1) is 18.3 Å². The van der Waals surface area contributed by atoms with E-state index in [4.69, 9.17) is 19.2 Å². The molecule has 0 N–H and O–H groups in total. The molecule has 6 nitrogen and oxygen atoms in total. The molecule has 5 rings (SSSR count). The molecule has 3 aromatic rings. The van der Waals surface area contributed by atoms with Crippen molar-refractivity contribution >= 4 is 22.5 Å². The monoisotopic (exact) mass is 376 g/mol. The Morgan fingerprint density at radius 1 is 1.14 bits per heavy atom. The van der Waals surface area contributed by atoms with Gasteiger partial charge in [-0.1, -0.05) is 6.07 Å². The third-order valence-electron chi connectivity index (χ3n) is 5.34. The van der Waals surface area contributed by atoms with Crippen molar-refractivity contribution in [2.45, 2.75) is 19.8 Å². The van der Waals surface area contributed by atoms with E-state index in [0.29, 0.717) is 23.7 Å². The van der Waals surface area contributed by atoms with Crippen molar-refractivity contribution in [1.82, 2.24) is 4.98 Å². The zero-order valence-electron chi connectivity index (χ0n) is 15.8. The van der Waals surface area contributed by atoms with Gasteiger partial charge in [-0.15, -0.1) is 0 Å². The molecule has 1 saturated heterocycles. The van der Waals surface area contributed by atoms with Crippen LogP contribution in [0, 0.1) is 6.92 Å². The Labute approximate surface area is 162 Å². The van der Waals surface area contributed by atoms with Gasteiger partial charge in [-0.25, -0.2) is 4.98 Å². The number of rotatable bonds is 3.